The first-order chi connectivity index (χ1) is 8.16. The zero-order valence-electron chi connectivity index (χ0n) is 9.95. The fourth-order valence-corrected chi connectivity index (χ4v) is 2.10. The predicted octanol–water partition coefficient (Wildman–Crippen LogP) is 1.54. The molecule has 1 aliphatic heterocycles. The van der Waals surface area contributed by atoms with Gasteiger partial charge < -0.3 is 10.2 Å². The van der Waals surface area contributed by atoms with E-state index in [9.17, 15) is 9.18 Å². The first-order valence-corrected chi connectivity index (χ1v) is 5.89. The molecule has 0 radical (unpaired) electrons. The van der Waals surface area contributed by atoms with Gasteiger partial charge in [-0.25, -0.2) is 4.39 Å². The molecule has 0 aromatic heterocycles. The Balaban J connectivity index is 1.93. The molecule has 0 aliphatic carbocycles. The molecule has 17 heavy (non-hydrogen) atoms. The summed E-state index contributed by atoms with van der Waals surface area (Å²) < 4.78 is 12.7. The van der Waals surface area contributed by atoms with E-state index in [1.807, 2.05) is 0 Å². The van der Waals surface area contributed by atoms with Gasteiger partial charge in [0, 0.05) is 13.6 Å². The van der Waals surface area contributed by atoms with Crippen molar-refractivity contribution in [2.75, 3.05) is 13.6 Å². The van der Waals surface area contributed by atoms with Crippen molar-refractivity contribution in [1.29, 1.82) is 0 Å². The van der Waals surface area contributed by atoms with Crippen LogP contribution in [0.4, 0.5) is 4.39 Å². The van der Waals surface area contributed by atoms with E-state index in [1.54, 1.807) is 24.1 Å². The largest absolute Gasteiger partial charge is 0.340 e. The van der Waals surface area contributed by atoms with Gasteiger partial charge in [0.05, 0.1) is 6.04 Å². The molecular formula is C13H17FN2O. The zero-order chi connectivity index (χ0) is 12.3. The summed E-state index contributed by atoms with van der Waals surface area (Å²) in [5.74, 6) is -0.132. The van der Waals surface area contributed by atoms with Crippen molar-refractivity contribution in [2.45, 2.75) is 25.4 Å². The lowest BCUT2D eigenvalue weighted by Crippen LogP contribution is -2.41. The van der Waals surface area contributed by atoms with Gasteiger partial charge >= 0.3 is 0 Å². The molecule has 1 aromatic carbocycles. The van der Waals surface area contributed by atoms with Crippen molar-refractivity contribution >= 4 is 5.91 Å². The van der Waals surface area contributed by atoms with Crippen LogP contribution in [0.2, 0.25) is 0 Å². The van der Waals surface area contributed by atoms with Gasteiger partial charge in [0.15, 0.2) is 0 Å². The molecule has 1 atom stereocenters. The third-order valence-corrected chi connectivity index (χ3v) is 3.07. The minimum atomic E-state index is -0.250. The topological polar surface area (TPSA) is 32.3 Å². The fraction of sp³-hybridized carbons (Fsp3) is 0.462. The van der Waals surface area contributed by atoms with Crippen LogP contribution < -0.4 is 5.32 Å². The SMILES string of the molecule is CN(Cc1ccc(F)cc1)C(=O)C1CCCN1. The van der Waals surface area contributed by atoms with Gasteiger partial charge in [-0.2, -0.15) is 0 Å². The number of rotatable bonds is 3. The highest BCUT2D eigenvalue weighted by Crippen LogP contribution is 2.11. The van der Waals surface area contributed by atoms with Crippen LogP contribution in [0.5, 0.6) is 0 Å². The van der Waals surface area contributed by atoms with E-state index in [2.05, 4.69) is 5.32 Å². The highest BCUT2D eigenvalue weighted by molar-refractivity contribution is 5.81. The monoisotopic (exact) mass is 236 g/mol. The minimum Gasteiger partial charge on any atom is -0.340 e. The van der Waals surface area contributed by atoms with Gasteiger partial charge in [-0.3, -0.25) is 4.79 Å². The number of benzene rings is 1. The summed E-state index contributed by atoms with van der Waals surface area (Å²) in [5.41, 5.74) is 0.945. The highest BCUT2D eigenvalue weighted by Gasteiger charge is 2.24. The maximum absolute atomic E-state index is 12.7. The van der Waals surface area contributed by atoms with E-state index < -0.39 is 0 Å². The lowest BCUT2D eigenvalue weighted by Gasteiger charge is -2.21. The Labute approximate surface area is 101 Å². The number of hydrogen-bond donors (Lipinski definition) is 1. The summed E-state index contributed by atoms with van der Waals surface area (Å²) in [5, 5.41) is 3.18. The second-order valence-electron chi connectivity index (χ2n) is 4.47. The van der Waals surface area contributed by atoms with Crippen molar-refractivity contribution in [3.63, 3.8) is 0 Å². The summed E-state index contributed by atoms with van der Waals surface area (Å²) in [6, 6.07) is 6.21. The van der Waals surface area contributed by atoms with Gasteiger partial charge in [-0.15, -0.1) is 0 Å². The third-order valence-electron chi connectivity index (χ3n) is 3.07. The molecule has 3 nitrogen and oxygen atoms in total. The van der Waals surface area contributed by atoms with E-state index in [-0.39, 0.29) is 17.8 Å². The average molecular weight is 236 g/mol. The first kappa shape index (κ1) is 12.0. The Bertz CT molecular complexity index is 385. The van der Waals surface area contributed by atoms with Gasteiger partial charge in [0.25, 0.3) is 0 Å². The number of carbonyl (C=O) groups is 1. The van der Waals surface area contributed by atoms with Crippen molar-refractivity contribution in [1.82, 2.24) is 10.2 Å². The van der Waals surface area contributed by atoms with Crippen LogP contribution in [0.25, 0.3) is 0 Å². The summed E-state index contributed by atoms with van der Waals surface area (Å²) in [4.78, 5) is 13.7. The number of hydrogen-bond acceptors (Lipinski definition) is 2. The number of likely N-dealkylation sites (N-methyl/N-ethyl adjacent to an activating group) is 1. The number of halogens is 1. The molecule has 2 rings (SSSR count). The van der Waals surface area contributed by atoms with Crippen molar-refractivity contribution in [2.24, 2.45) is 0 Å². The van der Waals surface area contributed by atoms with Crippen molar-refractivity contribution < 1.29 is 9.18 Å². The second kappa shape index (κ2) is 5.27. The zero-order valence-corrected chi connectivity index (χ0v) is 9.95. The molecule has 1 amide bonds. The van der Waals surface area contributed by atoms with Gasteiger partial charge in [-0.05, 0) is 37.1 Å². The van der Waals surface area contributed by atoms with Crippen molar-refractivity contribution in [3.05, 3.63) is 35.6 Å². The summed E-state index contributed by atoms with van der Waals surface area (Å²) >= 11 is 0. The Kier molecular flexibility index (Phi) is 3.74. The number of nitrogens with one attached hydrogen (secondary N) is 1. The van der Waals surface area contributed by atoms with E-state index in [4.69, 9.17) is 0 Å². The fourth-order valence-electron chi connectivity index (χ4n) is 2.10. The minimum absolute atomic E-state index is 0.0413. The third kappa shape index (κ3) is 3.03. The number of nitrogens with zero attached hydrogens (tertiary/aromatic N) is 1. The number of carbonyl (C=O) groups excluding carboxylic acids is 1. The maximum atomic E-state index is 12.7. The summed E-state index contributed by atoms with van der Waals surface area (Å²) in [6.07, 6.45) is 1.97. The van der Waals surface area contributed by atoms with Gasteiger partial charge in [0.2, 0.25) is 5.91 Å². The van der Waals surface area contributed by atoms with Gasteiger partial charge in [0.1, 0.15) is 5.82 Å². The molecule has 92 valence electrons. The Hall–Kier alpha value is -1.42. The summed E-state index contributed by atoms with van der Waals surface area (Å²) in [6.45, 7) is 1.44. The first-order valence-electron chi connectivity index (χ1n) is 5.89. The highest BCUT2D eigenvalue weighted by atomic mass is 19.1. The standard InChI is InChI=1S/C13H17FN2O/c1-16(13(17)12-3-2-8-15-12)9-10-4-6-11(14)7-5-10/h4-7,12,15H,2-3,8-9H2,1H3. The lowest BCUT2D eigenvalue weighted by molar-refractivity contribution is -0.132. The number of amides is 1. The molecule has 1 unspecified atom stereocenters. The molecular weight excluding hydrogens is 219 g/mol. The lowest BCUT2D eigenvalue weighted by atomic mass is 10.1. The average Bonchev–Trinajstić information content (AvgIpc) is 2.84. The molecule has 4 heteroatoms. The van der Waals surface area contributed by atoms with Crippen LogP contribution in [0.3, 0.4) is 0 Å². The smallest absolute Gasteiger partial charge is 0.239 e. The van der Waals surface area contributed by atoms with E-state index in [0.717, 1.165) is 24.9 Å². The molecule has 1 aromatic rings. The Morgan fingerprint density at radius 3 is 2.76 bits per heavy atom. The van der Waals surface area contributed by atoms with Crippen LogP contribution in [0.1, 0.15) is 18.4 Å². The Morgan fingerprint density at radius 1 is 1.47 bits per heavy atom. The normalized spacial score (nSPS) is 19.3. The van der Waals surface area contributed by atoms with Crippen LogP contribution in [-0.2, 0) is 11.3 Å². The molecule has 1 N–H and O–H groups in total. The van der Waals surface area contributed by atoms with Crippen LogP contribution in [0, 0.1) is 5.82 Å². The van der Waals surface area contributed by atoms with Crippen LogP contribution in [0.15, 0.2) is 24.3 Å². The van der Waals surface area contributed by atoms with Gasteiger partial charge in [-0.1, -0.05) is 12.1 Å². The molecule has 1 heterocycles. The molecule has 0 saturated carbocycles. The molecule has 1 saturated heterocycles. The summed E-state index contributed by atoms with van der Waals surface area (Å²) in [7, 11) is 1.78. The molecule has 1 fully saturated rings. The van der Waals surface area contributed by atoms with E-state index in [1.165, 1.54) is 12.1 Å². The van der Waals surface area contributed by atoms with Crippen LogP contribution >= 0.6 is 0 Å². The molecule has 1 aliphatic rings. The predicted molar refractivity (Wildman–Crippen MR) is 63.9 cm³/mol. The molecule has 0 spiro atoms. The van der Waals surface area contributed by atoms with Crippen LogP contribution in [-0.4, -0.2) is 30.4 Å². The maximum Gasteiger partial charge on any atom is 0.239 e. The quantitative estimate of drug-likeness (QED) is 0.863. The second-order valence-corrected chi connectivity index (χ2v) is 4.47. The Morgan fingerprint density at radius 2 is 2.18 bits per heavy atom. The van der Waals surface area contributed by atoms with E-state index in [0.29, 0.717) is 6.54 Å². The van der Waals surface area contributed by atoms with Crippen molar-refractivity contribution in [3.8, 4) is 0 Å². The molecule has 0 bridgehead atoms. The van der Waals surface area contributed by atoms with E-state index >= 15 is 0 Å².